The minimum atomic E-state index is -0.893. The Kier molecular flexibility index (Phi) is 6.90. The Balaban J connectivity index is 1.77. The first-order chi connectivity index (χ1) is 14.0. The van der Waals surface area contributed by atoms with Crippen LogP contribution in [0.4, 0.5) is 0 Å². The number of benzene rings is 2. The van der Waals surface area contributed by atoms with Crippen LogP contribution in [0.15, 0.2) is 53.4 Å². The number of hydrogen-bond acceptors (Lipinski definition) is 6. The van der Waals surface area contributed by atoms with Crippen LogP contribution in [-0.2, 0) is 9.59 Å². The van der Waals surface area contributed by atoms with Crippen LogP contribution < -0.4 is 9.47 Å². The topological polar surface area (TPSA) is 76.1 Å². The van der Waals surface area contributed by atoms with Crippen LogP contribution in [0.5, 0.6) is 17.2 Å². The monoisotopic (exact) mass is 429 g/mol. The molecular weight excluding hydrogens is 410 g/mol. The molecule has 1 saturated heterocycles. The molecule has 1 aliphatic rings. The van der Waals surface area contributed by atoms with Gasteiger partial charge >= 0.3 is 5.97 Å². The molecule has 1 heterocycles. The van der Waals surface area contributed by atoms with Crippen LogP contribution in [0, 0.1) is 0 Å². The molecule has 29 heavy (non-hydrogen) atoms. The molecule has 1 amide bonds. The Labute approximate surface area is 178 Å². The van der Waals surface area contributed by atoms with Gasteiger partial charge in [0.25, 0.3) is 5.91 Å². The van der Waals surface area contributed by atoms with Gasteiger partial charge in [0.2, 0.25) is 0 Å². The van der Waals surface area contributed by atoms with Gasteiger partial charge in [0.05, 0.1) is 12.0 Å². The maximum Gasteiger partial charge on any atom is 0.303 e. The van der Waals surface area contributed by atoms with Crippen molar-refractivity contribution in [3.05, 3.63) is 59.0 Å². The molecule has 0 unspecified atom stereocenters. The fourth-order valence-electron chi connectivity index (χ4n) is 2.69. The van der Waals surface area contributed by atoms with Crippen molar-refractivity contribution in [1.82, 2.24) is 4.90 Å². The zero-order chi connectivity index (χ0) is 20.8. The van der Waals surface area contributed by atoms with Crippen molar-refractivity contribution < 1.29 is 24.2 Å². The van der Waals surface area contributed by atoms with E-state index in [9.17, 15) is 9.59 Å². The van der Waals surface area contributed by atoms with E-state index >= 15 is 0 Å². The number of ether oxygens (including phenoxy) is 2. The molecule has 2 aromatic carbocycles. The first-order valence-corrected chi connectivity index (χ1v) is 10.1. The van der Waals surface area contributed by atoms with Crippen LogP contribution in [0.25, 0.3) is 6.08 Å². The summed E-state index contributed by atoms with van der Waals surface area (Å²) < 4.78 is 11.5. The van der Waals surface area contributed by atoms with Gasteiger partial charge in [0.1, 0.15) is 21.6 Å². The summed E-state index contributed by atoms with van der Waals surface area (Å²) in [6, 6.07) is 14.6. The molecule has 0 radical (unpaired) electrons. The van der Waals surface area contributed by atoms with Crippen molar-refractivity contribution in [3.8, 4) is 17.2 Å². The summed E-state index contributed by atoms with van der Waals surface area (Å²) in [5.74, 6) is 0.874. The first kappa shape index (κ1) is 20.9. The average molecular weight is 430 g/mol. The van der Waals surface area contributed by atoms with E-state index in [1.807, 2.05) is 24.3 Å². The number of carbonyl (C=O) groups excluding carboxylic acids is 1. The van der Waals surface area contributed by atoms with Crippen LogP contribution in [0.3, 0.4) is 0 Å². The number of para-hydroxylation sites is 1. The number of rotatable bonds is 8. The molecule has 6 nitrogen and oxygen atoms in total. The third kappa shape index (κ3) is 5.36. The minimum Gasteiger partial charge on any atom is -0.497 e. The van der Waals surface area contributed by atoms with Gasteiger partial charge < -0.3 is 14.6 Å². The average Bonchev–Trinajstić information content (AvgIpc) is 2.97. The number of aliphatic carboxylic acids is 1. The molecule has 0 aliphatic carbocycles. The van der Waals surface area contributed by atoms with Crippen molar-refractivity contribution >= 4 is 46.3 Å². The number of nitrogens with zero attached hydrogens (tertiary/aromatic N) is 1. The number of thiocarbonyl (C=S) groups is 1. The number of methoxy groups -OCH3 is 1. The van der Waals surface area contributed by atoms with Gasteiger partial charge in [0.15, 0.2) is 0 Å². The molecule has 0 atom stereocenters. The number of hydrogen-bond donors (Lipinski definition) is 1. The zero-order valence-electron chi connectivity index (χ0n) is 15.7. The smallest absolute Gasteiger partial charge is 0.303 e. The third-order valence-corrected chi connectivity index (χ3v) is 5.52. The second-order valence-corrected chi connectivity index (χ2v) is 7.82. The molecule has 1 N–H and O–H groups in total. The van der Waals surface area contributed by atoms with Gasteiger partial charge in [-0.15, -0.1) is 0 Å². The minimum absolute atomic E-state index is 0.00532. The predicted octanol–water partition coefficient (Wildman–Crippen LogP) is 4.55. The van der Waals surface area contributed by atoms with Crippen molar-refractivity contribution in [2.45, 2.75) is 12.8 Å². The second kappa shape index (κ2) is 9.58. The molecule has 8 heteroatoms. The summed E-state index contributed by atoms with van der Waals surface area (Å²) in [6.45, 7) is 0.290. The Morgan fingerprint density at radius 3 is 2.55 bits per heavy atom. The molecule has 1 fully saturated rings. The number of carbonyl (C=O) groups is 2. The number of carboxylic acid groups (broad SMARTS) is 1. The van der Waals surface area contributed by atoms with Crippen molar-refractivity contribution in [2.24, 2.45) is 0 Å². The highest BCUT2D eigenvalue weighted by Gasteiger charge is 2.31. The molecule has 0 saturated carbocycles. The van der Waals surface area contributed by atoms with Crippen LogP contribution in [0.2, 0.25) is 0 Å². The quantitative estimate of drug-likeness (QED) is 0.487. The van der Waals surface area contributed by atoms with Crippen molar-refractivity contribution in [3.63, 3.8) is 0 Å². The van der Waals surface area contributed by atoms with E-state index in [-0.39, 0.29) is 18.9 Å². The van der Waals surface area contributed by atoms with Crippen molar-refractivity contribution in [2.75, 3.05) is 13.7 Å². The maximum absolute atomic E-state index is 12.7. The van der Waals surface area contributed by atoms with Crippen LogP contribution in [-0.4, -0.2) is 39.9 Å². The standard InChI is InChI=1S/C21H19NO5S2/c1-26-15-8-10-16(11-9-15)27-17-6-3-2-5-14(17)13-18-20(25)22(21(28)29-18)12-4-7-19(23)24/h2-3,5-6,8-11,13H,4,7,12H2,1H3,(H,23,24). The van der Waals surface area contributed by atoms with Gasteiger partial charge in [-0.2, -0.15) is 0 Å². The highest BCUT2D eigenvalue weighted by molar-refractivity contribution is 8.26. The van der Waals surface area contributed by atoms with E-state index in [1.54, 1.807) is 37.5 Å². The van der Waals surface area contributed by atoms with Gasteiger partial charge in [-0.25, -0.2) is 0 Å². The van der Waals surface area contributed by atoms with E-state index in [0.717, 1.165) is 11.3 Å². The Morgan fingerprint density at radius 1 is 1.17 bits per heavy atom. The lowest BCUT2D eigenvalue weighted by atomic mass is 10.2. The summed E-state index contributed by atoms with van der Waals surface area (Å²) in [7, 11) is 1.60. The summed E-state index contributed by atoms with van der Waals surface area (Å²) in [4.78, 5) is 25.3. The van der Waals surface area contributed by atoms with Gasteiger partial charge in [-0.3, -0.25) is 14.5 Å². The highest BCUT2D eigenvalue weighted by atomic mass is 32.2. The molecule has 0 bridgehead atoms. The number of thioether (sulfide) groups is 1. The Morgan fingerprint density at radius 2 is 1.86 bits per heavy atom. The summed E-state index contributed by atoms with van der Waals surface area (Å²) in [5, 5.41) is 8.77. The van der Waals surface area contributed by atoms with E-state index in [1.165, 1.54) is 16.7 Å². The lowest BCUT2D eigenvalue weighted by Gasteiger charge is -2.13. The largest absolute Gasteiger partial charge is 0.497 e. The normalized spacial score (nSPS) is 15.1. The molecular formula is C21H19NO5S2. The number of amides is 1. The van der Waals surface area contributed by atoms with Gasteiger partial charge in [0, 0.05) is 18.5 Å². The summed E-state index contributed by atoms with van der Waals surface area (Å²) >= 11 is 6.49. The molecule has 0 aromatic heterocycles. The molecule has 150 valence electrons. The predicted molar refractivity (Wildman–Crippen MR) is 116 cm³/mol. The second-order valence-electron chi connectivity index (χ2n) is 6.15. The zero-order valence-corrected chi connectivity index (χ0v) is 17.3. The van der Waals surface area contributed by atoms with Crippen LogP contribution in [0.1, 0.15) is 18.4 Å². The lowest BCUT2D eigenvalue weighted by Crippen LogP contribution is -2.29. The SMILES string of the molecule is COc1ccc(Oc2ccccc2C=C2SC(=S)N(CCCC(=O)O)C2=O)cc1. The summed E-state index contributed by atoms with van der Waals surface area (Å²) in [6.07, 6.45) is 2.09. The van der Waals surface area contributed by atoms with E-state index in [4.69, 9.17) is 26.8 Å². The Hall–Kier alpha value is -2.84. The summed E-state index contributed by atoms with van der Waals surface area (Å²) in [5.41, 5.74) is 0.745. The molecule has 3 rings (SSSR count). The fraction of sp³-hybridized carbons (Fsp3) is 0.190. The lowest BCUT2D eigenvalue weighted by molar-refractivity contribution is -0.137. The van der Waals surface area contributed by atoms with Crippen molar-refractivity contribution in [1.29, 1.82) is 0 Å². The van der Waals surface area contributed by atoms with Crippen LogP contribution >= 0.6 is 24.0 Å². The fourth-order valence-corrected chi connectivity index (χ4v) is 3.99. The van der Waals surface area contributed by atoms with E-state index in [0.29, 0.717) is 27.1 Å². The first-order valence-electron chi connectivity index (χ1n) is 8.86. The Bertz CT molecular complexity index is 956. The third-order valence-electron chi connectivity index (χ3n) is 4.14. The molecule has 0 spiro atoms. The molecule has 2 aromatic rings. The van der Waals surface area contributed by atoms with E-state index < -0.39 is 5.97 Å². The highest BCUT2D eigenvalue weighted by Crippen LogP contribution is 2.35. The van der Waals surface area contributed by atoms with E-state index in [2.05, 4.69) is 0 Å². The maximum atomic E-state index is 12.7. The molecule has 1 aliphatic heterocycles. The van der Waals surface area contributed by atoms with Gasteiger partial charge in [-0.1, -0.05) is 42.2 Å². The number of carboxylic acids is 1. The van der Waals surface area contributed by atoms with Gasteiger partial charge in [-0.05, 0) is 42.8 Å².